The zero-order chi connectivity index (χ0) is 6.85. The predicted octanol–water partition coefficient (Wildman–Crippen LogP) is 1.77. The van der Waals surface area contributed by atoms with Crippen molar-refractivity contribution >= 4 is 28.3 Å². The molecule has 3 heteroatoms. The van der Waals surface area contributed by atoms with E-state index in [0.717, 1.165) is 4.32 Å². The number of hydrogen-bond donors (Lipinski definition) is 1. The van der Waals surface area contributed by atoms with Gasteiger partial charge in [0, 0.05) is 11.3 Å². The summed E-state index contributed by atoms with van der Waals surface area (Å²) in [5.74, 6) is 0. The van der Waals surface area contributed by atoms with Crippen LogP contribution in [-0.2, 0) is 0 Å². The quantitative estimate of drug-likeness (QED) is 0.589. The first-order valence-electron chi connectivity index (χ1n) is 3.21. The highest BCUT2D eigenvalue weighted by molar-refractivity contribution is 8.23. The van der Waals surface area contributed by atoms with Crippen molar-refractivity contribution in [2.75, 3.05) is 0 Å². The minimum absolute atomic E-state index is 0.576. The highest BCUT2D eigenvalue weighted by atomic mass is 32.2. The zero-order valence-electron chi connectivity index (χ0n) is 5.68. The van der Waals surface area contributed by atoms with Gasteiger partial charge in [-0.1, -0.05) is 30.9 Å². The van der Waals surface area contributed by atoms with E-state index in [9.17, 15) is 0 Å². The third kappa shape index (κ3) is 1.58. The first-order valence-corrected chi connectivity index (χ1v) is 4.50. The van der Waals surface area contributed by atoms with Crippen molar-refractivity contribution in [3.8, 4) is 0 Å². The second kappa shape index (κ2) is 2.88. The molecule has 1 saturated heterocycles. The number of nitrogens with one attached hydrogen (secondary N) is 1. The van der Waals surface area contributed by atoms with Crippen LogP contribution in [-0.4, -0.2) is 15.6 Å². The smallest absolute Gasteiger partial charge is 0.134 e. The fourth-order valence-corrected chi connectivity index (χ4v) is 2.51. The van der Waals surface area contributed by atoms with Gasteiger partial charge >= 0.3 is 0 Å². The van der Waals surface area contributed by atoms with Crippen LogP contribution in [0.1, 0.15) is 20.3 Å². The lowest BCUT2D eigenvalue weighted by atomic mass is 10.2. The molecule has 0 aromatic carbocycles. The van der Waals surface area contributed by atoms with Gasteiger partial charge in [0.2, 0.25) is 0 Å². The van der Waals surface area contributed by atoms with E-state index in [1.165, 1.54) is 6.42 Å². The van der Waals surface area contributed by atoms with Crippen LogP contribution in [0.2, 0.25) is 0 Å². The van der Waals surface area contributed by atoms with Gasteiger partial charge in [0.05, 0.1) is 0 Å². The van der Waals surface area contributed by atoms with Crippen LogP contribution >= 0.6 is 24.0 Å². The van der Waals surface area contributed by atoms with Crippen LogP contribution in [0.3, 0.4) is 0 Å². The summed E-state index contributed by atoms with van der Waals surface area (Å²) < 4.78 is 0.967. The Hall–Kier alpha value is 0.240. The molecule has 1 rings (SSSR count). The Balaban J connectivity index is 2.47. The van der Waals surface area contributed by atoms with E-state index in [-0.39, 0.29) is 0 Å². The topological polar surface area (TPSA) is 12.0 Å². The van der Waals surface area contributed by atoms with Crippen molar-refractivity contribution in [1.29, 1.82) is 0 Å². The molecule has 0 aliphatic carbocycles. The minimum atomic E-state index is 0.576. The maximum atomic E-state index is 4.99. The molecule has 1 heterocycles. The van der Waals surface area contributed by atoms with Gasteiger partial charge in [0.25, 0.3) is 0 Å². The Morgan fingerprint density at radius 2 is 2.44 bits per heavy atom. The molecule has 0 bridgehead atoms. The van der Waals surface area contributed by atoms with Crippen molar-refractivity contribution in [2.24, 2.45) is 0 Å². The van der Waals surface area contributed by atoms with Crippen LogP contribution in [0.5, 0.6) is 0 Å². The van der Waals surface area contributed by atoms with Gasteiger partial charge in [-0.25, -0.2) is 0 Å². The lowest BCUT2D eigenvalue weighted by molar-refractivity contribution is 0.635. The fraction of sp³-hybridized carbons (Fsp3) is 0.833. The van der Waals surface area contributed by atoms with E-state index in [2.05, 4.69) is 19.2 Å². The second-order valence-electron chi connectivity index (χ2n) is 2.29. The molecule has 52 valence electrons. The molecule has 0 amide bonds. The van der Waals surface area contributed by atoms with Gasteiger partial charge in [-0.05, 0) is 13.3 Å². The van der Waals surface area contributed by atoms with Gasteiger partial charge in [-0.2, -0.15) is 0 Å². The normalized spacial score (nSPS) is 34.7. The standard InChI is InChI=1S/C6H11NS2/c1-3-5-4(2)7-6(8)9-5/h4-5H,3H2,1-2H3,(H,7,8). The van der Waals surface area contributed by atoms with Crippen molar-refractivity contribution < 1.29 is 0 Å². The second-order valence-corrected chi connectivity index (χ2v) is 4.20. The molecule has 0 saturated carbocycles. The summed E-state index contributed by atoms with van der Waals surface area (Å²) in [6.07, 6.45) is 1.21. The Kier molecular flexibility index (Phi) is 2.35. The van der Waals surface area contributed by atoms with E-state index in [4.69, 9.17) is 12.2 Å². The largest absolute Gasteiger partial charge is 0.367 e. The Morgan fingerprint density at radius 3 is 2.67 bits per heavy atom. The third-order valence-corrected chi connectivity index (χ3v) is 3.35. The number of rotatable bonds is 1. The van der Waals surface area contributed by atoms with E-state index in [1.54, 1.807) is 11.8 Å². The molecule has 1 nitrogen and oxygen atoms in total. The van der Waals surface area contributed by atoms with E-state index < -0.39 is 0 Å². The number of thioether (sulfide) groups is 1. The Bertz CT molecular complexity index is 124. The molecule has 0 spiro atoms. The molecule has 1 fully saturated rings. The monoisotopic (exact) mass is 161 g/mol. The Morgan fingerprint density at radius 1 is 1.78 bits per heavy atom. The summed E-state index contributed by atoms with van der Waals surface area (Å²) >= 11 is 6.79. The first kappa shape index (κ1) is 7.35. The van der Waals surface area contributed by atoms with Gasteiger partial charge in [-0.15, -0.1) is 0 Å². The molecule has 0 radical (unpaired) electrons. The van der Waals surface area contributed by atoms with Crippen LogP contribution in [0, 0.1) is 0 Å². The van der Waals surface area contributed by atoms with Crippen molar-refractivity contribution in [2.45, 2.75) is 31.6 Å². The molecule has 1 aliphatic rings. The molecule has 2 unspecified atom stereocenters. The summed E-state index contributed by atoms with van der Waals surface area (Å²) in [6.45, 7) is 4.38. The van der Waals surface area contributed by atoms with Gasteiger partial charge in [0.1, 0.15) is 4.32 Å². The Labute approximate surface area is 65.6 Å². The van der Waals surface area contributed by atoms with Crippen molar-refractivity contribution in [3.63, 3.8) is 0 Å². The molecule has 1 aliphatic heterocycles. The predicted molar refractivity (Wildman–Crippen MR) is 46.9 cm³/mol. The molecule has 9 heavy (non-hydrogen) atoms. The maximum absolute atomic E-state index is 4.99. The third-order valence-electron chi connectivity index (χ3n) is 1.56. The number of thiocarbonyl (C=S) groups is 1. The van der Waals surface area contributed by atoms with Crippen molar-refractivity contribution in [3.05, 3.63) is 0 Å². The van der Waals surface area contributed by atoms with Gasteiger partial charge < -0.3 is 5.32 Å². The van der Waals surface area contributed by atoms with Crippen molar-refractivity contribution in [1.82, 2.24) is 5.32 Å². The summed E-state index contributed by atoms with van der Waals surface area (Å²) in [5.41, 5.74) is 0. The first-order chi connectivity index (χ1) is 4.24. The van der Waals surface area contributed by atoms with E-state index >= 15 is 0 Å². The summed E-state index contributed by atoms with van der Waals surface area (Å²) in [7, 11) is 0. The highest BCUT2D eigenvalue weighted by Crippen LogP contribution is 2.25. The summed E-state index contributed by atoms with van der Waals surface area (Å²) in [4.78, 5) is 0. The highest BCUT2D eigenvalue weighted by Gasteiger charge is 2.24. The summed E-state index contributed by atoms with van der Waals surface area (Å²) in [5, 5.41) is 3.92. The lowest BCUT2D eigenvalue weighted by Gasteiger charge is -2.08. The van der Waals surface area contributed by atoms with Gasteiger partial charge in [0.15, 0.2) is 0 Å². The van der Waals surface area contributed by atoms with E-state index in [1.807, 2.05) is 0 Å². The van der Waals surface area contributed by atoms with Crippen LogP contribution in [0.15, 0.2) is 0 Å². The summed E-state index contributed by atoms with van der Waals surface area (Å²) in [6, 6.07) is 0.576. The number of hydrogen-bond acceptors (Lipinski definition) is 2. The van der Waals surface area contributed by atoms with Crippen LogP contribution < -0.4 is 5.32 Å². The minimum Gasteiger partial charge on any atom is -0.367 e. The molecule has 0 aromatic heterocycles. The molecular formula is C6H11NS2. The van der Waals surface area contributed by atoms with Crippen LogP contribution in [0.25, 0.3) is 0 Å². The average molecular weight is 161 g/mol. The molecule has 1 N–H and O–H groups in total. The maximum Gasteiger partial charge on any atom is 0.134 e. The van der Waals surface area contributed by atoms with Gasteiger partial charge in [-0.3, -0.25) is 0 Å². The zero-order valence-corrected chi connectivity index (χ0v) is 7.31. The van der Waals surface area contributed by atoms with Crippen LogP contribution in [0.4, 0.5) is 0 Å². The van der Waals surface area contributed by atoms with E-state index in [0.29, 0.717) is 11.3 Å². The molecule has 2 atom stereocenters. The SMILES string of the molecule is CCC1SC(=S)NC1C. The molecular weight excluding hydrogens is 150 g/mol. The lowest BCUT2D eigenvalue weighted by Crippen LogP contribution is -2.26. The average Bonchev–Trinajstić information content (AvgIpc) is 2.10. The fourth-order valence-electron chi connectivity index (χ4n) is 0.989. The molecule has 0 aromatic rings.